The Labute approximate surface area is 165 Å². The van der Waals surface area contributed by atoms with E-state index in [1.54, 1.807) is 0 Å². The van der Waals surface area contributed by atoms with Gasteiger partial charge in [-0.3, -0.25) is 0 Å². The number of ether oxygens (including phenoxy) is 1. The molecule has 0 saturated carbocycles. The SMILES string of the molecule is CCc1ccc(Oc2c(-c3ccccc3C(C)C)sc3ccccc23)cc1. The van der Waals surface area contributed by atoms with E-state index < -0.39 is 0 Å². The van der Waals surface area contributed by atoms with Crippen LogP contribution in [0.1, 0.15) is 37.8 Å². The van der Waals surface area contributed by atoms with Gasteiger partial charge in [-0.2, -0.15) is 0 Å². The molecule has 0 amide bonds. The van der Waals surface area contributed by atoms with Gasteiger partial charge in [0.25, 0.3) is 0 Å². The quantitative estimate of drug-likeness (QED) is 0.344. The number of thiophene rings is 1. The van der Waals surface area contributed by atoms with E-state index >= 15 is 0 Å². The highest BCUT2D eigenvalue weighted by Crippen LogP contribution is 2.47. The summed E-state index contributed by atoms with van der Waals surface area (Å²) in [7, 11) is 0. The summed E-state index contributed by atoms with van der Waals surface area (Å²) in [6.45, 7) is 6.66. The highest BCUT2D eigenvalue weighted by Gasteiger charge is 2.19. The first-order valence-electron chi connectivity index (χ1n) is 9.55. The predicted molar refractivity (Wildman–Crippen MR) is 117 cm³/mol. The molecule has 136 valence electrons. The Bertz CT molecular complexity index is 1060. The molecule has 0 N–H and O–H groups in total. The summed E-state index contributed by atoms with van der Waals surface area (Å²) in [5.41, 5.74) is 3.95. The van der Waals surface area contributed by atoms with Gasteiger partial charge < -0.3 is 4.74 Å². The highest BCUT2D eigenvalue weighted by molar-refractivity contribution is 7.22. The molecule has 0 bridgehead atoms. The van der Waals surface area contributed by atoms with Crippen LogP contribution >= 0.6 is 11.3 Å². The van der Waals surface area contributed by atoms with Crippen molar-refractivity contribution in [2.24, 2.45) is 0 Å². The maximum atomic E-state index is 6.46. The largest absolute Gasteiger partial charge is 0.455 e. The Morgan fingerprint density at radius 2 is 1.56 bits per heavy atom. The van der Waals surface area contributed by atoms with Gasteiger partial charge in [0, 0.05) is 10.1 Å². The number of benzene rings is 3. The van der Waals surface area contributed by atoms with Crippen molar-refractivity contribution < 1.29 is 4.74 Å². The van der Waals surface area contributed by atoms with Gasteiger partial charge in [-0.1, -0.05) is 69.3 Å². The van der Waals surface area contributed by atoms with Crippen LogP contribution in [0.4, 0.5) is 0 Å². The lowest BCUT2D eigenvalue weighted by Crippen LogP contribution is -1.92. The van der Waals surface area contributed by atoms with Crippen molar-refractivity contribution in [3.63, 3.8) is 0 Å². The summed E-state index contributed by atoms with van der Waals surface area (Å²) in [6, 6.07) is 25.6. The summed E-state index contributed by atoms with van der Waals surface area (Å²) in [6.07, 6.45) is 1.04. The molecule has 1 aromatic heterocycles. The second-order valence-electron chi connectivity index (χ2n) is 7.10. The van der Waals surface area contributed by atoms with E-state index in [9.17, 15) is 0 Å². The topological polar surface area (TPSA) is 9.23 Å². The van der Waals surface area contributed by atoms with E-state index in [1.165, 1.54) is 31.7 Å². The van der Waals surface area contributed by atoms with Crippen LogP contribution in [-0.2, 0) is 6.42 Å². The minimum atomic E-state index is 0.461. The van der Waals surface area contributed by atoms with Gasteiger partial charge >= 0.3 is 0 Å². The predicted octanol–water partition coefficient (Wildman–Crippen LogP) is 8.05. The molecule has 0 aliphatic rings. The van der Waals surface area contributed by atoms with Gasteiger partial charge in [0.1, 0.15) is 5.75 Å². The molecule has 4 rings (SSSR count). The van der Waals surface area contributed by atoms with Crippen molar-refractivity contribution in [3.8, 4) is 21.9 Å². The van der Waals surface area contributed by atoms with Crippen molar-refractivity contribution in [2.75, 3.05) is 0 Å². The molecule has 2 heteroatoms. The normalized spacial score (nSPS) is 11.3. The Hall–Kier alpha value is -2.58. The molecule has 1 nitrogen and oxygen atoms in total. The van der Waals surface area contributed by atoms with Crippen LogP contribution in [0.2, 0.25) is 0 Å². The van der Waals surface area contributed by atoms with Crippen LogP contribution in [0.15, 0.2) is 72.8 Å². The molecule has 0 aliphatic carbocycles. The van der Waals surface area contributed by atoms with E-state index in [0.717, 1.165) is 17.9 Å². The summed E-state index contributed by atoms with van der Waals surface area (Å²) in [5, 5.41) is 1.18. The molecular formula is C25H24OS. The molecule has 0 unspecified atom stereocenters. The highest BCUT2D eigenvalue weighted by atomic mass is 32.1. The van der Waals surface area contributed by atoms with Crippen molar-refractivity contribution in [1.82, 2.24) is 0 Å². The van der Waals surface area contributed by atoms with Crippen molar-refractivity contribution in [1.29, 1.82) is 0 Å². The van der Waals surface area contributed by atoms with Gasteiger partial charge in [-0.25, -0.2) is 0 Å². The standard InChI is InChI=1S/C25H24OS/c1-4-18-13-15-19(16-14-18)26-24-22-11-7-8-12-23(22)27-25(24)21-10-6-5-9-20(21)17(2)3/h5-17H,4H2,1-3H3. The van der Waals surface area contributed by atoms with Gasteiger partial charge in [-0.15, -0.1) is 11.3 Å². The Morgan fingerprint density at radius 3 is 2.30 bits per heavy atom. The summed E-state index contributed by atoms with van der Waals surface area (Å²) >= 11 is 1.81. The summed E-state index contributed by atoms with van der Waals surface area (Å²) < 4.78 is 7.72. The number of aryl methyl sites for hydroxylation is 1. The second kappa shape index (κ2) is 7.58. The van der Waals surface area contributed by atoms with Crippen LogP contribution < -0.4 is 4.74 Å². The molecule has 3 aromatic carbocycles. The molecular weight excluding hydrogens is 348 g/mol. The summed E-state index contributed by atoms with van der Waals surface area (Å²) in [5.74, 6) is 2.31. The average molecular weight is 373 g/mol. The third-order valence-corrected chi connectivity index (χ3v) is 6.11. The van der Waals surface area contributed by atoms with Crippen molar-refractivity contribution >= 4 is 21.4 Å². The zero-order chi connectivity index (χ0) is 18.8. The lowest BCUT2D eigenvalue weighted by atomic mass is 9.96. The van der Waals surface area contributed by atoms with Gasteiger partial charge in [-0.05, 0) is 53.3 Å². The Morgan fingerprint density at radius 1 is 0.852 bits per heavy atom. The number of hydrogen-bond donors (Lipinski definition) is 0. The van der Waals surface area contributed by atoms with E-state index in [1.807, 2.05) is 11.3 Å². The molecule has 0 fully saturated rings. The molecule has 27 heavy (non-hydrogen) atoms. The first-order valence-corrected chi connectivity index (χ1v) is 10.4. The number of rotatable bonds is 5. The van der Waals surface area contributed by atoms with E-state index in [0.29, 0.717) is 5.92 Å². The molecule has 4 aromatic rings. The van der Waals surface area contributed by atoms with Gasteiger partial charge in [0.05, 0.1) is 4.88 Å². The minimum absolute atomic E-state index is 0.461. The summed E-state index contributed by atoms with van der Waals surface area (Å²) in [4.78, 5) is 1.21. The Balaban J connectivity index is 1.87. The maximum absolute atomic E-state index is 6.46. The first-order chi connectivity index (χ1) is 13.2. The molecule has 0 saturated heterocycles. The van der Waals surface area contributed by atoms with Crippen LogP contribution in [0.25, 0.3) is 20.5 Å². The first kappa shape index (κ1) is 17.8. The fourth-order valence-electron chi connectivity index (χ4n) is 3.42. The zero-order valence-electron chi connectivity index (χ0n) is 16.0. The van der Waals surface area contributed by atoms with Crippen LogP contribution in [0.5, 0.6) is 11.5 Å². The fourth-order valence-corrected chi connectivity index (χ4v) is 4.60. The van der Waals surface area contributed by atoms with E-state index in [2.05, 4.69) is 93.6 Å². The number of hydrogen-bond acceptors (Lipinski definition) is 2. The minimum Gasteiger partial charge on any atom is -0.455 e. The van der Waals surface area contributed by atoms with Gasteiger partial charge in [0.15, 0.2) is 5.75 Å². The van der Waals surface area contributed by atoms with Crippen molar-refractivity contribution in [2.45, 2.75) is 33.1 Å². The smallest absolute Gasteiger partial charge is 0.153 e. The van der Waals surface area contributed by atoms with Crippen LogP contribution in [0, 0.1) is 0 Å². The number of fused-ring (bicyclic) bond motifs is 1. The monoisotopic (exact) mass is 372 g/mol. The van der Waals surface area contributed by atoms with Crippen LogP contribution in [0.3, 0.4) is 0 Å². The van der Waals surface area contributed by atoms with Crippen LogP contribution in [-0.4, -0.2) is 0 Å². The maximum Gasteiger partial charge on any atom is 0.153 e. The second-order valence-corrected chi connectivity index (χ2v) is 8.15. The van der Waals surface area contributed by atoms with E-state index in [4.69, 9.17) is 4.74 Å². The molecule has 0 aliphatic heterocycles. The molecule has 1 heterocycles. The van der Waals surface area contributed by atoms with Gasteiger partial charge in [0.2, 0.25) is 0 Å². The molecule has 0 spiro atoms. The third-order valence-electron chi connectivity index (χ3n) is 4.93. The third kappa shape index (κ3) is 3.50. The lowest BCUT2D eigenvalue weighted by Gasteiger charge is -2.14. The zero-order valence-corrected chi connectivity index (χ0v) is 16.8. The molecule has 0 atom stereocenters. The fraction of sp³-hybridized carbons (Fsp3) is 0.200. The van der Waals surface area contributed by atoms with Crippen molar-refractivity contribution in [3.05, 3.63) is 83.9 Å². The Kier molecular flexibility index (Phi) is 5.00. The average Bonchev–Trinajstić information content (AvgIpc) is 3.07. The molecule has 0 radical (unpaired) electrons. The van der Waals surface area contributed by atoms with E-state index in [-0.39, 0.29) is 0 Å². The lowest BCUT2D eigenvalue weighted by molar-refractivity contribution is 0.491.